The molecule has 0 unspecified atom stereocenters. The first-order valence-corrected chi connectivity index (χ1v) is 5.14. The molecule has 6 nitrogen and oxygen atoms in total. The minimum atomic E-state index is -1.21. The molecule has 1 amide bonds. The molecular formula is C12H13NO5. The monoisotopic (exact) mass is 251 g/mol. The van der Waals surface area contributed by atoms with Gasteiger partial charge in [0.1, 0.15) is 6.42 Å². The molecule has 0 saturated carbocycles. The smallest absolute Gasteiger partial charge is 0.337 e. The van der Waals surface area contributed by atoms with Gasteiger partial charge >= 0.3 is 11.9 Å². The second kappa shape index (κ2) is 5.81. The highest BCUT2D eigenvalue weighted by atomic mass is 16.5. The lowest BCUT2D eigenvalue weighted by Crippen LogP contribution is -2.17. The molecule has 0 radical (unpaired) electrons. The fourth-order valence-corrected chi connectivity index (χ4v) is 1.33. The third-order valence-corrected chi connectivity index (χ3v) is 2.24. The highest BCUT2D eigenvalue weighted by molar-refractivity contribution is 6.02. The number of hydrogen-bond donors (Lipinski definition) is 2. The molecule has 0 fully saturated rings. The van der Waals surface area contributed by atoms with Crippen molar-refractivity contribution in [1.82, 2.24) is 0 Å². The average Bonchev–Trinajstić information content (AvgIpc) is 2.30. The zero-order valence-corrected chi connectivity index (χ0v) is 10.0. The van der Waals surface area contributed by atoms with Crippen LogP contribution in [0, 0.1) is 6.92 Å². The van der Waals surface area contributed by atoms with E-state index in [4.69, 9.17) is 5.11 Å². The maximum absolute atomic E-state index is 11.3. The van der Waals surface area contributed by atoms with Gasteiger partial charge in [-0.25, -0.2) is 4.79 Å². The van der Waals surface area contributed by atoms with E-state index in [9.17, 15) is 14.4 Å². The molecule has 0 aliphatic rings. The molecule has 0 aliphatic heterocycles. The number of carboxylic acid groups (broad SMARTS) is 1. The van der Waals surface area contributed by atoms with Gasteiger partial charge < -0.3 is 15.2 Å². The largest absolute Gasteiger partial charge is 0.481 e. The molecule has 0 saturated heterocycles. The van der Waals surface area contributed by atoms with E-state index in [1.807, 2.05) is 0 Å². The summed E-state index contributed by atoms with van der Waals surface area (Å²) in [7, 11) is 1.25. The lowest BCUT2D eigenvalue weighted by molar-refractivity contribution is -0.139. The van der Waals surface area contributed by atoms with Gasteiger partial charge in [0.05, 0.1) is 12.7 Å². The van der Waals surface area contributed by atoms with Crippen molar-refractivity contribution in [2.45, 2.75) is 13.3 Å². The summed E-state index contributed by atoms with van der Waals surface area (Å²) in [6.45, 7) is 1.73. The number of aliphatic carboxylic acids is 1. The van der Waals surface area contributed by atoms with E-state index < -0.39 is 24.3 Å². The molecule has 0 bridgehead atoms. The Bertz CT molecular complexity index is 495. The van der Waals surface area contributed by atoms with Crippen molar-refractivity contribution < 1.29 is 24.2 Å². The van der Waals surface area contributed by atoms with Gasteiger partial charge in [-0.3, -0.25) is 9.59 Å². The lowest BCUT2D eigenvalue weighted by Gasteiger charge is -2.09. The van der Waals surface area contributed by atoms with Gasteiger partial charge in [0.25, 0.3) is 0 Å². The fraction of sp³-hybridized carbons (Fsp3) is 0.250. The molecule has 0 atom stereocenters. The van der Waals surface area contributed by atoms with E-state index in [0.29, 0.717) is 5.69 Å². The highest BCUT2D eigenvalue weighted by Crippen LogP contribution is 2.17. The number of esters is 1. The Morgan fingerprint density at radius 2 is 2.00 bits per heavy atom. The summed E-state index contributed by atoms with van der Waals surface area (Å²) >= 11 is 0. The predicted molar refractivity (Wildman–Crippen MR) is 63.4 cm³/mol. The molecule has 1 aromatic rings. The Kier molecular flexibility index (Phi) is 4.42. The van der Waals surface area contributed by atoms with Crippen molar-refractivity contribution in [1.29, 1.82) is 0 Å². The summed E-state index contributed by atoms with van der Waals surface area (Å²) in [5.74, 6) is -2.38. The Hall–Kier alpha value is -2.37. The summed E-state index contributed by atoms with van der Waals surface area (Å²) in [6, 6.07) is 4.65. The molecule has 0 aliphatic carbocycles. The van der Waals surface area contributed by atoms with Crippen molar-refractivity contribution in [2.24, 2.45) is 0 Å². The molecule has 0 aromatic heterocycles. The van der Waals surface area contributed by atoms with Crippen LogP contribution in [0.3, 0.4) is 0 Å². The number of aryl methyl sites for hydroxylation is 1. The number of hydrogen-bond acceptors (Lipinski definition) is 4. The molecule has 6 heteroatoms. The number of carbonyl (C=O) groups excluding carboxylic acids is 2. The molecule has 0 heterocycles. The van der Waals surface area contributed by atoms with Crippen molar-refractivity contribution in [3.63, 3.8) is 0 Å². The summed E-state index contributed by atoms with van der Waals surface area (Å²) in [5, 5.41) is 10.9. The molecule has 1 aromatic carbocycles. The molecule has 96 valence electrons. The van der Waals surface area contributed by atoms with Crippen molar-refractivity contribution in [2.75, 3.05) is 12.4 Å². The van der Waals surface area contributed by atoms with Crippen LogP contribution in [-0.2, 0) is 14.3 Å². The fourth-order valence-electron chi connectivity index (χ4n) is 1.33. The van der Waals surface area contributed by atoms with Crippen LogP contribution in [0.25, 0.3) is 0 Å². The number of ether oxygens (including phenoxy) is 1. The van der Waals surface area contributed by atoms with Crippen LogP contribution in [0.2, 0.25) is 0 Å². The number of methoxy groups -OCH3 is 1. The van der Waals surface area contributed by atoms with Crippen LogP contribution in [0.1, 0.15) is 22.3 Å². The number of carboxylic acids is 1. The number of anilines is 1. The molecule has 18 heavy (non-hydrogen) atoms. The standard InChI is InChI=1S/C12H13NO5/c1-7-3-4-8(12(17)18-2)5-9(7)13-10(14)6-11(15)16/h3-5H,6H2,1-2H3,(H,13,14)(H,15,16). The van der Waals surface area contributed by atoms with Gasteiger partial charge in [-0.1, -0.05) is 6.07 Å². The van der Waals surface area contributed by atoms with E-state index in [0.717, 1.165) is 5.56 Å². The number of nitrogens with one attached hydrogen (secondary N) is 1. The van der Waals surface area contributed by atoms with E-state index in [1.165, 1.54) is 13.2 Å². The average molecular weight is 251 g/mol. The van der Waals surface area contributed by atoms with Gasteiger partial charge in [0.15, 0.2) is 0 Å². The lowest BCUT2D eigenvalue weighted by atomic mass is 10.1. The van der Waals surface area contributed by atoms with Crippen molar-refractivity contribution in [3.05, 3.63) is 29.3 Å². The summed E-state index contributed by atoms with van der Waals surface area (Å²) in [5.41, 5.74) is 1.40. The molecule has 0 spiro atoms. The minimum absolute atomic E-state index is 0.286. The molecule has 2 N–H and O–H groups in total. The Morgan fingerprint density at radius 3 is 2.56 bits per heavy atom. The van der Waals surface area contributed by atoms with Crippen molar-refractivity contribution >= 4 is 23.5 Å². The minimum Gasteiger partial charge on any atom is -0.481 e. The number of carbonyl (C=O) groups is 3. The van der Waals surface area contributed by atoms with E-state index in [1.54, 1.807) is 19.1 Å². The Labute approximate surface area is 104 Å². The molecule has 1 rings (SSSR count). The maximum atomic E-state index is 11.3. The van der Waals surface area contributed by atoms with Crippen LogP contribution < -0.4 is 5.32 Å². The zero-order valence-electron chi connectivity index (χ0n) is 10.0. The van der Waals surface area contributed by atoms with Crippen LogP contribution in [0.5, 0.6) is 0 Å². The van der Waals surface area contributed by atoms with E-state index in [2.05, 4.69) is 10.1 Å². The Balaban J connectivity index is 2.91. The first-order valence-electron chi connectivity index (χ1n) is 5.14. The van der Waals surface area contributed by atoms with Gasteiger partial charge in [-0.15, -0.1) is 0 Å². The van der Waals surface area contributed by atoms with E-state index in [-0.39, 0.29) is 5.56 Å². The van der Waals surface area contributed by atoms with Gasteiger partial charge in [0, 0.05) is 5.69 Å². The second-order valence-corrected chi connectivity index (χ2v) is 3.64. The van der Waals surface area contributed by atoms with Gasteiger partial charge in [0.2, 0.25) is 5.91 Å². The zero-order chi connectivity index (χ0) is 13.7. The second-order valence-electron chi connectivity index (χ2n) is 3.64. The quantitative estimate of drug-likeness (QED) is 0.619. The summed E-state index contributed by atoms with van der Waals surface area (Å²) in [6.07, 6.45) is -0.623. The number of benzene rings is 1. The Morgan fingerprint density at radius 1 is 1.33 bits per heavy atom. The van der Waals surface area contributed by atoms with Crippen LogP contribution >= 0.6 is 0 Å². The first kappa shape index (κ1) is 13.7. The van der Waals surface area contributed by atoms with E-state index >= 15 is 0 Å². The number of amides is 1. The SMILES string of the molecule is COC(=O)c1ccc(C)c(NC(=O)CC(=O)O)c1. The number of rotatable bonds is 4. The third kappa shape index (κ3) is 3.58. The van der Waals surface area contributed by atoms with Crippen molar-refractivity contribution in [3.8, 4) is 0 Å². The van der Waals surface area contributed by atoms with Crippen LogP contribution in [-0.4, -0.2) is 30.1 Å². The summed E-state index contributed by atoms with van der Waals surface area (Å²) in [4.78, 5) is 33.0. The van der Waals surface area contributed by atoms with Crippen LogP contribution in [0.4, 0.5) is 5.69 Å². The van der Waals surface area contributed by atoms with Gasteiger partial charge in [-0.05, 0) is 24.6 Å². The maximum Gasteiger partial charge on any atom is 0.337 e. The topological polar surface area (TPSA) is 92.7 Å². The third-order valence-electron chi connectivity index (χ3n) is 2.24. The normalized spacial score (nSPS) is 9.67. The predicted octanol–water partition coefficient (Wildman–Crippen LogP) is 1.19. The summed E-state index contributed by atoms with van der Waals surface area (Å²) < 4.78 is 4.55. The molecular weight excluding hydrogens is 238 g/mol. The van der Waals surface area contributed by atoms with Gasteiger partial charge in [-0.2, -0.15) is 0 Å². The van der Waals surface area contributed by atoms with Crippen LogP contribution in [0.15, 0.2) is 18.2 Å². The highest BCUT2D eigenvalue weighted by Gasteiger charge is 2.12. The first-order chi connectivity index (χ1) is 8.43.